The van der Waals surface area contributed by atoms with Crippen LogP contribution >= 0.6 is 0 Å². The molecule has 1 aliphatic rings. The summed E-state index contributed by atoms with van der Waals surface area (Å²) in [5, 5.41) is 7.82. The van der Waals surface area contributed by atoms with Gasteiger partial charge in [-0.25, -0.2) is 0 Å². The molecule has 1 fully saturated rings. The average molecular weight is 236 g/mol. The van der Waals surface area contributed by atoms with E-state index in [1.165, 1.54) is 0 Å². The van der Waals surface area contributed by atoms with Crippen molar-refractivity contribution in [1.82, 2.24) is 20.0 Å². The number of hydrogen-bond donors (Lipinski definition) is 1. The molecule has 17 heavy (non-hydrogen) atoms. The van der Waals surface area contributed by atoms with Crippen LogP contribution in [0.3, 0.4) is 0 Å². The van der Waals surface area contributed by atoms with Crippen molar-refractivity contribution in [2.24, 2.45) is 7.05 Å². The average Bonchev–Trinajstić information content (AvgIpc) is 2.73. The van der Waals surface area contributed by atoms with Gasteiger partial charge in [0.25, 0.3) is 0 Å². The maximum absolute atomic E-state index is 11.2. The van der Waals surface area contributed by atoms with Gasteiger partial charge in [-0.05, 0) is 18.9 Å². The van der Waals surface area contributed by atoms with Crippen molar-refractivity contribution in [2.75, 3.05) is 13.1 Å². The van der Waals surface area contributed by atoms with Gasteiger partial charge in [0.2, 0.25) is 5.91 Å². The normalized spacial score (nSPS) is 17.4. The quantitative estimate of drug-likeness (QED) is 0.832. The third-order valence-corrected chi connectivity index (χ3v) is 3.28. The number of aryl methyl sites for hydroxylation is 1. The largest absolute Gasteiger partial charge is 0.343 e. The molecule has 0 unspecified atom stereocenters. The molecule has 5 heteroatoms. The number of nitrogens with zero attached hydrogens (tertiary/aromatic N) is 3. The Kier molecular flexibility index (Phi) is 3.78. The molecule has 0 spiro atoms. The van der Waals surface area contributed by atoms with Gasteiger partial charge >= 0.3 is 0 Å². The van der Waals surface area contributed by atoms with Gasteiger partial charge in [-0.3, -0.25) is 9.48 Å². The number of likely N-dealkylation sites (tertiary alicyclic amines) is 1. The molecule has 1 aromatic heterocycles. The maximum Gasteiger partial charge on any atom is 0.219 e. The second-order valence-corrected chi connectivity index (χ2v) is 4.64. The van der Waals surface area contributed by atoms with Crippen LogP contribution in [0, 0.1) is 0 Å². The first-order chi connectivity index (χ1) is 8.15. The Balaban J connectivity index is 1.73. The summed E-state index contributed by atoms with van der Waals surface area (Å²) in [4.78, 5) is 13.1. The van der Waals surface area contributed by atoms with Crippen molar-refractivity contribution in [2.45, 2.75) is 32.4 Å². The van der Waals surface area contributed by atoms with Crippen molar-refractivity contribution in [3.8, 4) is 0 Å². The van der Waals surface area contributed by atoms with Crippen molar-refractivity contribution >= 4 is 5.91 Å². The summed E-state index contributed by atoms with van der Waals surface area (Å²) < 4.78 is 1.81. The lowest BCUT2D eigenvalue weighted by molar-refractivity contribution is -0.129. The van der Waals surface area contributed by atoms with Gasteiger partial charge in [-0.2, -0.15) is 5.10 Å². The Morgan fingerprint density at radius 1 is 1.53 bits per heavy atom. The minimum atomic E-state index is 0.188. The molecule has 0 aliphatic carbocycles. The first-order valence-corrected chi connectivity index (χ1v) is 6.12. The number of nitrogens with one attached hydrogen (secondary N) is 1. The summed E-state index contributed by atoms with van der Waals surface area (Å²) in [6, 6.07) is 2.53. The zero-order valence-corrected chi connectivity index (χ0v) is 10.5. The molecule has 0 aromatic carbocycles. The molecule has 0 atom stereocenters. The summed E-state index contributed by atoms with van der Waals surface area (Å²) in [5.74, 6) is 0.188. The molecule has 1 saturated heterocycles. The number of amides is 1. The predicted molar refractivity (Wildman–Crippen MR) is 65.3 cm³/mol. The van der Waals surface area contributed by atoms with Crippen LogP contribution < -0.4 is 5.32 Å². The van der Waals surface area contributed by atoms with Crippen molar-refractivity contribution in [1.29, 1.82) is 0 Å². The zero-order valence-electron chi connectivity index (χ0n) is 10.5. The highest BCUT2D eigenvalue weighted by molar-refractivity contribution is 5.73. The maximum atomic E-state index is 11.2. The lowest BCUT2D eigenvalue weighted by Gasteiger charge is -2.31. The number of carbonyl (C=O) groups excluding carboxylic acids is 1. The summed E-state index contributed by atoms with van der Waals surface area (Å²) in [6.45, 7) is 4.19. The molecule has 0 saturated carbocycles. The van der Waals surface area contributed by atoms with Crippen molar-refractivity contribution in [3.05, 3.63) is 18.0 Å². The highest BCUT2D eigenvalue weighted by Crippen LogP contribution is 2.10. The first-order valence-electron chi connectivity index (χ1n) is 6.12. The molecule has 1 aromatic rings. The van der Waals surface area contributed by atoms with Crippen LogP contribution in [0.15, 0.2) is 12.3 Å². The highest BCUT2D eigenvalue weighted by atomic mass is 16.2. The fourth-order valence-electron chi connectivity index (χ4n) is 2.20. The van der Waals surface area contributed by atoms with Crippen LogP contribution in [0.5, 0.6) is 0 Å². The van der Waals surface area contributed by atoms with Crippen LogP contribution in [0.1, 0.15) is 25.5 Å². The molecule has 0 radical (unpaired) electrons. The van der Waals surface area contributed by atoms with E-state index in [1.54, 1.807) is 6.92 Å². The molecule has 1 amide bonds. The summed E-state index contributed by atoms with van der Waals surface area (Å²) in [6.07, 6.45) is 4.02. The van der Waals surface area contributed by atoms with Crippen LogP contribution in [0.25, 0.3) is 0 Å². The standard InChI is InChI=1S/C12H20N4O/c1-10(17)16-7-4-11(5-8-16)13-9-12-3-6-15(2)14-12/h3,6,11,13H,4-5,7-9H2,1-2H3. The van der Waals surface area contributed by atoms with Gasteiger partial charge in [-0.1, -0.05) is 0 Å². The van der Waals surface area contributed by atoms with Crippen LogP contribution in [0.2, 0.25) is 0 Å². The van der Waals surface area contributed by atoms with E-state index in [-0.39, 0.29) is 5.91 Å². The van der Waals surface area contributed by atoms with Crippen LogP contribution in [-0.2, 0) is 18.4 Å². The van der Waals surface area contributed by atoms with E-state index >= 15 is 0 Å². The van der Waals surface area contributed by atoms with E-state index in [9.17, 15) is 4.79 Å². The molecular weight excluding hydrogens is 216 g/mol. The minimum Gasteiger partial charge on any atom is -0.343 e. The SMILES string of the molecule is CC(=O)N1CCC(NCc2ccn(C)n2)CC1. The van der Waals surface area contributed by atoms with E-state index in [0.717, 1.165) is 38.2 Å². The predicted octanol–water partition coefficient (Wildman–Crippen LogP) is 0.521. The fourth-order valence-corrected chi connectivity index (χ4v) is 2.20. The summed E-state index contributed by atoms with van der Waals surface area (Å²) in [7, 11) is 1.93. The second-order valence-electron chi connectivity index (χ2n) is 4.64. The van der Waals surface area contributed by atoms with E-state index in [4.69, 9.17) is 0 Å². The lowest BCUT2D eigenvalue weighted by atomic mass is 10.1. The topological polar surface area (TPSA) is 50.2 Å². The highest BCUT2D eigenvalue weighted by Gasteiger charge is 2.20. The minimum absolute atomic E-state index is 0.188. The van der Waals surface area contributed by atoms with Gasteiger partial charge in [0, 0.05) is 45.8 Å². The van der Waals surface area contributed by atoms with E-state index in [2.05, 4.69) is 10.4 Å². The van der Waals surface area contributed by atoms with Gasteiger partial charge in [-0.15, -0.1) is 0 Å². The van der Waals surface area contributed by atoms with Crippen LogP contribution in [0.4, 0.5) is 0 Å². The fraction of sp³-hybridized carbons (Fsp3) is 0.667. The van der Waals surface area contributed by atoms with Crippen LogP contribution in [-0.4, -0.2) is 39.7 Å². The van der Waals surface area contributed by atoms with E-state index in [0.29, 0.717) is 6.04 Å². The van der Waals surface area contributed by atoms with Gasteiger partial charge in [0.05, 0.1) is 5.69 Å². The second kappa shape index (κ2) is 5.31. The zero-order chi connectivity index (χ0) is 12.3. The van der Waals surface area contributed by atoms with Crippen molar-refractivity contribution < 1.29 is 4.79 Å². The molecule has 2 heterocycles. The monoisotopic (exact) mass is 236 g/mol. The van der Waals surface area contributed by atoms with Gasteiger partial charge in [0.15, 0.2) is 0 Å². The molecule has 1 N–H and O–H groups in total. The Hall–Kier alpha value is -1.36. The number of rotatable bonds is 3. The number of carbonyl (C=O) groups is 1. The molecule has 2 rings (SSSR count). The smallest absolute Gasteiger partial charge is 0.219 e. The van der Waals surface area contributed by atoms with Crippen molar-refractivity contribution in [3.63, 3.8) is 0 Å². The third kappa shape index (κ3) is 3.30. The molecule has 0 bridgehead atoms. The number of hydrogen-bond acceptors (Lipinski definition) is 3. The summed E-state index contributed by atoms with van der Waals surface area (Å²) in [5.41, 5.74) is 1.07. The lowest BCUT2D eigenvalue weighted by Crippen LogP contribution is -2.44. The Labute approximate surface area is 102 Å². The Bertz CT molecular complexity index is 380. The molecule has 1 aliphatic heterocycles. The van der Waals surface area contributed by atoms with Gasteiger partial charge < -0.3 is 10.2 Å². The third-order valence-electron chi connectivity index (χ3n) is 3.28. The van der Waals surface area contributed by atoms with E-state index in [1.807, 2.05) is 28.9 Å². The number of piperidine rings is 1. The Morgan fingerprint density at radius 2 is 2.24 bits per heavy atom. The summed E-state index contributed by atoms with van der Waals surface area (Å²) >= 11 is 0. The molecular formula is C12H20N4O. The Morgan fingerprint density at radius 3 is 2.76 bits per heavy atom. The number of aromatic nitrogens is 2. The molecule has 5 nitrogen and oxygen atoms in total. The van der Waals surface area contributed by atoms with Gasteiger partial charge in [0.1, 0.15) is 0 Å². The molecule has 94 valence electrons. The van der Waals surface area contributed by atoms with E-state index < -0.39 is 0 Å². The first kappa shape index (κ1) is 12.1.